The number of fused-ring (bicyclic) bond motifs is 1. The largest absolute Gasteiger partial charge is 0.300 e. The molecule has 6 heteroatoms. The molecule has 1 aromatic carbocycles. The highest BCUT2D eigenvalue weighted by atomic mass is 19.1. The number of carbonyl (C=O) groups is 1. The Balaban J connectivity index is 1.43. The van der Waals surface area contributed by atoms with Crippen molar-refractivity contribution in [2.75, 3.05) is 19.6 Å². The van der Waals surface area contributed by atoms with Gasteiger partial charge in [0.25, 0.3) is 0 Å². The summed E-state index contributed by atoms with van der Waals surface area (Å²) in [6.07, 6.45) is 6.65. The number of aromatic nitrogens is 3. The molecule has 3 aromatic rings. The van der Waals surface area contributed by atoms with Crippen molar-refractivity contribution in [1.82, 2.24) is 20.1 Å². The highest BCUT2D eigenvalue weighted by Gasteiger charge is 2.25. The molecule has 0 amide bonds. The fourth-order valence-electron chi connectivity index (χ4n) is 3.99. The van der Waals surface area contributed by atoms with E-state index in [1.54, 1.807) is 13.1 Å². The fraction of sp³-hybridized carbons (Fsp3) is 0.409. The normalized spacial score (nSPS) is 17.1. The molecule has 1 N–H and O–H groups in total. The van der Waals surface area contributed by atoms with Crippen molar-refractivity contribution in [3.63, 3.8) is 0 Å². The van der Waals surface area contributed by atoms with Crippen LogP contribution in [0.3, 0.4) is 0 Å². The Morgan fingerprint density at radius 1 is 1.21 bits per heavy atom. The van der Waals surface area contributed by atoms with Gasteiger partial charge in [0.1, 0.15) is 12.0 Å². The lowest BCUT2D eigenvalue weighted by Gasteiger charge is -2.31. The van der Waals surface area contributed by atoms with Gasteiger partial charge in [0, 0.05) is 47.9 Å². The number of hydrogen-bond donors (Lipinski definition) is 1. The van der Waals surface area contributed by atoms with E-state index in [2.05, 4.69) is 26.1 Å². The third-order valence-corrected chi connectivity index (χ3v) is 5.52. The number of alkyl halides is 1. The molecule has 5 nitrogen and oxygen atoms in total. The van der Waals surface area contributed by atoms with Gasteiger partial charge in [-0.3, -0.25) is 14.9 Å². The molecule has 28 heavy (non-hydrogen) atoms. The van der Waals surface area contributed by atoms with Crippen LogP contribution in [0.1, 0.15) is 25.5 Å². The van der Waals surface area contributed by atoms with E-state index in [0.29, 0.717) is 13.0 Å². The smallest absolute Gasteiger partial charge is 0.142 e. The van der Waals surface area contributed by atoms with Crippen molar-refractivity contribution in [2.24, 2.45) is 5.92 Å². The molecular weight excluding hydrogens is 355 g/mol. The minimum Gasteiger partial charge on any atom is -0.300 e. The van der Waals surface area contributed by atoms with Gasteiger partial charge in [-0.1, -0.05) is 12.1 Å². The fourth-order valence-corrected chi connectivity index (χ4v) is 3.99. The van der Waals surface area contributed by atoms with Gasteiger partial charge >= 0.3 is 0 Å². The number of ketones is 1. The lowest BCUT2D eigenvalue weighted by molar-refractivity contribution is -0.123. The molecule has 146 valence electrons. The number of carbonyl (C=O) groups excluding carboxylic acids is 1. The molecule has 1 saturated heterocycles. The van der Waals surface area contributed by atoms with E-state index in [1.807, 2.05) is 30.6 Å². The van der Waals surface area contributed by atoms with Gasteiger partial charge in [-0.2, -0.15) is 5.10 Å². The summed E-state index contributed by atoms with van der Waals surface area (Å²) in [6, 6.07) is 8.20. The third kappa shape index (κ3) is 4.28. The molecular formula is C22H25FN4O. The number of likely N-dealkylation sites (tertiary alicyclic amines) is 1. The second kappa shape index (κ2) is 8.19. The zero-order chi connectivity index (χ0) is 19.5. The van der Waals surface area contributed by atoms with Gasteiger partial charge in [-0.25, -0.2) is 4.39 Å². The monoisotopic (exact) mass is 380 g/mol. The zero-order valence-corrected chi connectivity index (χ0v) is 16.1. The number of benzene rings is 1. The topological polar surface area (TPSA) is 61.9 Å². The Morgan fingerprint density at radius 3 is 2.75 bits per heavy atom. The van der Waals surface area contributed by atoms with Crippen LogP contribution >= 0.6 is 0 Å². The summed E-state index contributed by atoms with van der Waals surface area (Å²) in [5.74, 6) is 0.298. The first-order valence-electron chi connectivity index (χ1n) is 9.85. The number of piperidine rings is 1. The Bertz CT molecular complexity index is 946. The quantitative estimate of drug-likeness (QED) is 0.706. The first-order chi connectivity index (χ1) is 13.6. The molecule has 1 unspecified atom stereocenters. The molecule has 1 aliphatic heterocycles. The zero-order valence-electron chi connectivity index (χ0n) is 16.1. The summed E-state index contributed by atoms with van der Waals surface area (Å²) in [7, 11) is 0. The molecule has 0 radical (unpaired) electrons. The maximum atomic E-state index is 13.2. The molecule has 0 spiro atoms. The number of aromatic amines is 1. The SMILES string of the molecule is CC(F)CN1CCC(C(=O)Cc2cc3cc(-c4cn[nH]c4)ccc3cn2)CC1. The number of halogens is 1. The Morgan fingerprint density at radius 2 is 2.04 bits per heavy atom. The van der Waals surface area contributed by atoms with Crippen LogP contribution in [0.5, 0.6) is 0 Å². The average molecular weight is 380 g/mol. The second-order valence-corrected chi connectivity index (χ2v) is 7.72. The number of H-pyrrole nitrogens is 1. The maximum Gasteiger partial charge on any atom is 0.142 e. The summed E-state index contributed by atoms with van der Waals surface area (Å²) in [5.41, 5.74) is 2.92. The van der Waals surface area contributed by atoms with Gasteiger partial charge in [0.05, 0.1) is 6.20 Å². The van der Waals surface area contributed by atoms with Crippen molar-refractivity contribution in [3.05, 3.63) is 48.5 Å². The molecule has 4 rings (SSSR count). The first-order valence-corrected chi connectivity index (χ1v) is 9.85. The van der Waals surface area contributed by atoms with E-state index in [1.165, 1.54) is 0 Å². The second-order valence-electron chi connectivity index (χ2n) is 7.72. The Kier molecular flexibility index (Phi) is 5.48. The van der Waals surface area contributed by atoms with Crippen LogP contribution in [0.4, 0.5) is 4.39 Å². The van der Waals surface area contributed by atoms with Crippen molar-refractivity contribution in [3.8, 4) is 11.1 Å². The summed E-state index contributed by atoms with van der Waals surface area (Å²) in [5, 5.41) is 8.96. The van der Waals surface area contributed by atoms with E-state index in [9.17, 15) is 9.18 Å². The molecule has 1 fully saturated rings. The summed E-state index contributed by atoms with van der Waals surface area (Å²) in [6.45, 7) is 3.64. The van der Waals surface area contributed by atoms with Crippen LogP contribution < -0.4 is 0 Å². The molecule has 0 bridgehead atoms. The van der Waals surface area contributed by atoms with E-state index in [-0.39, 0.29) is 11.7 Å². The van der Waals surface area contributed by atoms with E-state index >= 15 is 0 Å². The van der Waals surface area contributed by atoms with Crippen LogP contribution in [0, 0.1) is 5.92 Å². The summed E-state index contributed by atoms with van der Waals surface area (Å²) in [4.78, 5) is 19.3. The average Bonchev–Trinajstić information content (AvgIpc) is 3.22. The van der Waals surface area contributed by atoms with E-state index in [4.69, 9.17) is 0 Å². The van der Waals surface area contributed by atoms with Crippen molar-refractivity contribution in [2.45, 2.75) is 32.4 Å². The number of rotatable bonds is 6. The Hall–Kier alpha value is -2.60. The summed E-state index contributed by atoms with van der Waals surface area (Å²) >= 11 is 0. The molecule has 0 saturated carbocycles. The van der Waals surface area contributed by atoms with Crippen molar-refractivity contribution >= 4 is 16.6 Å². The van der Waals surface area contributed by atoms with Crippen LogP contribution in [0.15, 0.2) is 42.9 Å². The molecule has 1 aliphatic rings. The number of nitrogens with zero attached hydrogens (tertiary/aromatic N) is 3. The standard InChI is InChI=1S/C22H25FN4O/c1-15(23)14-27-6-4-16(5-7-27)22(28)10-21-9-19-8-17(20-12-25-26-13-20)2-3-18(19)11-24-21/h2-3,8-9,11-13,15-16H,4-7,10,14H2,1H3,(H,25,26). The van der Waals surface area contributed by atoms with Crippen LogP contribution in [-0.4, -0.2) is 51.7 Å². The van der Waals surface area contributed by atoms with Crippen LogP contribution in [0.25, 0.3) is 21.9 Å². The first kappa shape index (κ1) is 18.7. The number of pyridine rings is 1. The maximum absolute atomic E-state index is 13.2. The molecule has 3 heterocycles. The molecule has 2 aromatic heterocycles. The number of nitrogens with one attached hydrogen (secondary N) is 1. The van der Waals surface area contributed by atoms with E-state index < -0.39 is 6.17 Å². The Labute approximate surface area is 164 Å². The minimum atomic E-state index is -0.819. The lowest BCUT2D eigenvalue weighted by Crippen LogP contribution is -2.39. The number of Topliss-reactive ketones (excluding diaryl/α,β-unsaturated/α-hetero) is 1. The predicted octanol–water partition coefficient (Wildman–Crippen LogP) is 3.81. The van der Waals surface area contributed by atoms with E-state index in [0.717, 1.165) is 53.5 Å². The van der Waals surface area contributed by atoms with Gasteiger partial charge in [0.2, 0.25) is 0 Å². The van der Waals surface area contributed by atoms with Gasteiger partial charge in [0.15, 0.2) is 0 Å². The van der Waals surface area contributed by atoms with Crippen molar-refractivity contribution in [1.29, 1.82) is 0 Å². The highest BCUT2D eigenvalue weighted by Crippen LogP contribution is 2.25. The van der Waals surface area contributed by atoms with Crippen LogP contribution in [0.2, 0.25) is 0 Å². The van der Waals surface area contributed by atoms with Crippen molar-refractivity contribution < 1.29 is 9.18 Å². The highest BCUT2D eigenvalue weighted by molar-refractivity contribution is 5.88. The summed E-state index contributed by atoms with van der Waals surface area (Å²) < 4.78 is 13.2. The molecule has 0 aliphatic carbocycles. The third-order valence-electron chi connectivity index (χ3n) is 5.52. The molecule has 1 atom stereocenters. The lowest BCUT2D eigenvalue weighted by atomic mass is 9.90. The minimum absolute atomic E-state index is 0.0564. The van der Waals surface area contributed by atoms with Gasteiger partial charge < -0.3 is 4.90 Å². The number of hydrogen-bond acceptors (Lipinski definition) is 4. The van der Waals surface area contributed by atoms with Gasteiger partial charge in [-0.15, -0.1) is 0 Å². The van der Waals surface area contributed by atoms with Gasteiger partial charge in [-0.05, 0) is 55.9 Å². The predicted molar refractivity (Wildman–Crippen MR) is 108 cm³/mol. The van der Waals surface area contributed by atoms with Crippen LogP contribution in [-0.2, 0) is 11.2 Å².